The predicted molar refractivity (Wildman–Crippen MR) is 102 cm³/mol. The average molecular weight is 379 g/mol. The van der Waals surface area contributed by atoms with Crippen LogP contribution in [0.25, 0.3) is 0 Å². The summed E-state index contributed by atoms with van der Waals surface area (Å²) in [6, 6.07) is 5.76. The number of nitrogens with one attached hydrogen (secondary N) is 1. The fourth-order valence-electron chi connectivity index (χ4n) is 3.84. The topological polar surface area (TPSA) is 66.5 Å². The molecule has 144 valence electrons. The molecule has 1 unspecified atom stereocenters. The monoisotopic (exact) mass is 378 g/mol. The minimum Gasteiger partial charge on any atom is -0.353 e. The third kappa shape index (κ3) is 4.12. The van der Waals surface area contributed by atoms with E-state index in [9.17, 15) is 13.2 Å². The van der Waals surface area contributed by atoms with E-state index in [2.05, 4.69) is 5.32 Å². The summed E-state index contributed by atoms with van der Waals surface area (Å²) in [4.78, 5) is 12.7. The summed E-state index contributed by atoms with van der Waals surface area (Å²) in [6.45, 7) is 4.86. The number of hydrogen-bond donors (Lipinski definition) is 1. The lowest BCUT2D eigenvalue weighted by Crippen LogP contribution is -2.44. The van der Waals surface area contributed by atoms with Gasteiger partial charge in [-0.15, -0.1) is 0 Å². The zero-order chi connectivity index (χ0) is 18.7. The second-order valence-electron chi connectivity index (χ2n) is 7.63. The van der Waals surface area contributed by atoms with E-state index in [1.54, 1.807) is 10.4 Å². The van der Waals surface area contributed by atoms with Crippen LogP contribution in [0.4, 0.5) is 0 Å². The van der Waals surface area contributed by atoms with Crippen molar-refractivity contribution in [2.24, 2.45) is 5.92 Å². The molecular formula is C20H30N2O3S. The molecule has 0 radical (unpaired) electrons. The minimum absolute atomic E-state index is 0.0604. The lowest BCUT2D eigenvalue weighted by Gasteiger charge is -2.31. The number of fused-ring (bicyclic) bond motifs is 1. The van der Waals surface area contributed by atoms with Crippen LogP contribution >= 0.6 is 0 Å². The van der Waals surface area contributed by atoms with Gasteiger partial charge in [-0.3, -0.25) is 4.79 Å². The summed E-state index contributed by atoms with van der Waals surface area (Å²) in [5.74, 6) is -0.0239. The zero-order valence-electron chi connectivity index (χ0n) is 15.8. The molecule has 1 saturated heterocycles. The zero-order valence-corrected chi connectivity index (χ0v) is 16.6. The smallest absolute Gasteiger partial charge is 0.243 e. The molecule has 2 aliphatic rings. The van der Waals surface area contributed by atoms with Gasteiger partial charge in [0, 0.05) is 25.0 Å². The Morgan fingerprint density at radius 2 is 1.85 bits per heavy atom. The van der Waals surface area contributed by atoms with Gasteiger partial charge >= 0.3 is 0 Å². The van der Waals surface area contributed by atoms with Gasteiger partial charge in [-0.2, -0.15) is 4.31 Å². The van der Waals surface area contributed by atoms with E-state index in [4.69, 9.17) is 0 Å². The van der Waals surface area contributed by atoms with Crippen LogP contribution in [-0.4, -0.2) is 37.8 Å². The Hall–Kier alpha value is -1.40. The lowest BCUT2D eigenvalue weighted by molar-refractivity contribution is -0.126. The highest BCUT2D eigenvalue weighted by molar-refractivity contribution is 7.89. The van der Waals surface area contributed by atoms with Gasteiger partial charge in [0.15, 0.2) is 0 Å². The van der Waals surface area contributed by atoms with Crippen LogP contribution in [0.2, 0.25) is 0 Å². The predicted octanol–water partition coefficient (Wildman–Crippen LogP) is 2.88. The summed E-state index contributed by atoms with van der Waals surface area (Å²) in [5.41, 5.74) is 2.47. The fraction of sp³-hybridized carbons (Fsp3) is 0.650. The van der Waals surface area contributed by atoms with Crippen molar-refractivity contribution in [2.45, 2.75) is 69.7 Å². The molecule has 3 rings (SSSR count). The molecule has 1 atom stereocenters. The Morgan fingerprint density at radius 1 is 1.19 bits per heavy atom. The molecule has 0 spiro atoms. The van der Waals surface area contributed by atoms with E-state index < -0.39 is 10.0 Å². The molecule has 26 heavy (non-hydrogen) atoms. The molecular weight excluding hydrogens is 348 g/mol. The van der Waals surface area contributed by atoms with Crippen LogP contribution in [0.15, 0.2) is 23.1 Å². The summed E-state index contributed by atoms with van der Waals surface area (Å²) in [5, 5.41) is 3.01. The first-order valence-corrected chi connectivity index (χ1v) is 11.3. The summed E-state index contributed by atoms with van der Waals surface area (Å²) in [7, 11) is -3.47. The van der Waals surface area contributed by atoms with E-state index >= 15 is 0 Å². The van der Waals surface area contributed by atoms with Gasteiger partial charge in [0.05, 0.1) is 4.90 Å². The molecule has 1 amide bonds. The van der Waals surface area contributed by atoms with Crippen molar-refractivity contribution in [3.63, 3.8) is 0 Å². The van der Waals surface area contributed by atoms with E-state index in [0.717, 1.165) is 25.7 Å². The highest BCUT2D eigenvalue weighted by atomic mass is 32.2. The van der Waals surface area contributed by atoms with Gasteiger partial charge in [-0.25, -0.2) is 8.42 Å². The number of hydrogen-bond acceptors (Lipinski definition) is 3. The normalized spacial score (nSPS) is 20.4. The number of rotatable bonds is 5. The molecule has 1 aliphatic carbocycles. The number of carbonyl (C=O) groups is 1. The number of carbonyl (C=O) groups excluding carboxylic acids is 1. The largest absolute Gasteiger partial charge is 0.353 e. The Morgan fingerprint density at radius 3 is 2.50 bits per heavy atom. The second-order valence-corrected chi connectivity index (χ2v) is 9.57. The number of benzene rings is 1. The number of amides is 1. The molecule has 1 N–H and O–H groups in total. The van der Waals surface area contributed by atoms with E-state index in [-0.39, 0.29) is 17.9 Å². The van der Waals surface area contributed by atoms with Crippen molar-refractivity contribution in [2.75, 3.05) is 13.1 Å². The first-order valence-electron chi connectivity index (χ1n) is 9.84. The number of nitrogens with zero attached hydrogens (tertiary/aromatic N) is 1. The van der Waals surface area contributed by atoms with Crippen molar-refractivity contribution in [1.82, 2.24) is 9.62 Å². The maximum atomic E-state index is 13.0. The van der Waals surface area contributed by atoms with Crippen LogP contribution in [0, 0.1) is 5.92 Å². The first-order chi connectivity index (χ1) is 12.4. The van der Waals surface area contributed by atoms with Crippen LogP contribution in [0.1, 0.15) is 57.1 Å². The third-order valence-corrected chi connectivity index (χ3v) is 7.68. The molecule has 1 aromatic carbocycles. The molecule has 1 heterocycles. The van der Waals surface area contributed by atoms with Crippen molar-refractivity contribution >= 4 is 15.9 Å². The molecule has 1 aliphatic heterocycles. The Kier molecular flexibility index (Phi) is 6.03. The van der Waals surface area contributed by atoms with Crippen molar-refractivity contribution in [3.05, 3.63) is 29.3 Å². The number of piperidine rings is 1. The molecule has 0 bridgehead atoms. The van der Waals surface area contributed by atoms with Gasteiger partial charge in [-0.1, -0.05) is 13.0 Å². The summed E-state index contributed by atoms with van der Waals surface area (Å²) >= 11 is 0. The molecule has 6 heteroatoms. The highest BCUT2D eigenvalue weighted by Crippen LogP contribution is 2.28. The summed E-state index contributed by atoms with van der Waals surface area (Å²) in [6.07, 6.45) is 6.41. The van der Waals surface area contributed by atoms with Gasteiger partial charge in [0.2, 0.25) is 15.9 Å². The van der Waals surface area contributed by atoms with Crippen LogP contribution < -0.4 is 5.32 Å². The van der Waals surface area contributed by atoms with E-state index in [1.807, 2.05) is 26.0 Å². The van der Waals surface area contributed by atoms with Crippen molar-refractivity contribution in [3.8, 4) is 0 Å². The maximum Gasteiger partial charge on any atom is 0.243 e. The number of sulfonamides is 1. The lowest BCUT2D eigenvalue weighted by atomic mass is 9.92. The van der Waals surface area contributed by atoms with Gasteiger partial charge < -0.3 is 5.32 Å². The average Bonchev–Trinajstić information content (AvgIpc) is 2.67. The molecule has 1 aromatic rings. The van der Waals surface area contributed by atoms with Gasteiger partial charge in [0.25, 0.3) is 0 Å². The SMILES string of the molecule is CCC(C)NC(=O)C1CCN(S(=O)(=O)c2ccc3c(c2)CCCC3)CC1. The molecule has 0 saturated carbocycles. The fourth-order valence-corrected chi connectivity index (χ4v) is 5.36. The highest BCUT2D eigenvalue weighted by Gasteiger charge is 2.32. The maximum absolute atomic E-state index is 13.0. The van der Waals surface area contributed by atoms with Crippen molar-refractivity contribution in [1.29, 1.82) is 0 Å². The van der Waals surface area contributed by atoms with Crippen LogP contribution in [0.5, 0.6) is 0 Å². The van der Waals surface area contributed by atoms with E-state index in [0.29, 0.717) is 30.8 Å². The molecule has 1 fully saturated rings. The molecule has 0 aromatic heterocycles. The Bertz CT molecular complexity index is 752. The Labute approximate surface area is 157 Å². The number of aryl methyl sites for hydroxylation is 2. The Balaban J connectivity index is 1.66. The first kappa shape index (κ1) is 19.4. The quantitative estimate of drug-likeness (QED) is 0.857. The third-order valence-electron chi connectivity index (χ3n) is 5.78. The standard InChI is InChI=1S/C20H30N2O3S/c1-3-15(2)21-20(23)17-10-12-22(13-11-17)26(24,25)19-9-8-16-6-4-5-7-18(16)14-19/h8-9,14-15,17H,3-7,10-13H2,1-2H3,(H,21,23). The van der Waals surface area contributed by atoms with E-state index in [1.165, 1.54) is 17.5 Å². The van der Waals surface area contributed by atoms with Crippen LogP contribution in [0.3, 0.4) is 0 Å². The van der Waals surface area contributed by atoms with Gasteiger partial charge in [0.1, 0.15) is 0 Å². The minimum atomic E-state index is -3.47. The summed E-state index contributed by atoms with van der Waals surface area (Å²) < 4.78 is 27.5. The van der Waals surface area contributed by atoms with Gasteiger partial charge in [-0.05, 0) is 75.1 Å². The van der Waals surface area contributed by atoms with Crippen molar-refractivity contribution < 1.29 is 13.2 Å². The van der Waals surface area contributed by atoms with Crippen LogP contribution in [-0.2, 0) is 27.7 Å². The molecule has 5 nitrogen and oxygen atoms in total. The second kappa shape index (κ2) is 8.09.